The molecule has 7 heteroatoms. The van der Waals surface area contributed by atoms with E-state index in [1.165, 1.54) is 25.1 Å². The SMILES string of the molecule is CC(=O)COC(=O)c1cc(S(=O)(=O)Nc2cccc(C)c2)ccc1C. The van der Waals surface area contributed by atoms with Gasteiger partial charge in [-0.05, 0) is 56.2 Å². The predicted octanol–water partition coefficient (Wildman–Crippen LogP) is 2.85. The Bertz CT molecular complexity index is 919. The number of benzene rings is 2. The maximum atomic E-state index is 12.5. The molecule has 0 unspecified atom stereocenters. The van der Waals surface area contributed by atoms with Gasteiger partial charge in [0.2, 0.25) is 0 Å². The number of rotatable bonds is 6. The van der Waals surface area contributed by atoms with E-state index in [1.807, 2.05) is 13.0 Å². The van der Waals surface area contributed by atoms with Crippen LogP contribution in [0.1, 0.15) is 28.4 Å². The molecular formula is C18H19NO5S. The number of hydrogen-bond donors (Lipinski definition) is 1. The van der Waals surface area contributed by atoms with E-state index in [4.69, 9.17) is 4.74 Å². The number of hydrogen-bond acceptors (Lipinski definition) is 5. The first-order chi connectivity index (χ1) is 11.7. The molecule has 0 aliphatic rings. The van der Waals surface area contributed by atoms with Crippen molar-refractivity contribution >= 4 is 27.5 Å². The maximum Gasteiger partial charge on any atom is 0.338 e. The number of anilines is 1. The lowest BCUT2D eigenvalue weighted by atomic mass is 10.1. The van der Waals surface area contributed by atoms with E-state index in [0.29, 0.717) is 11.3 Å². The molecule has 1 N–H and O–H groups in total. The topological polar surface area (TPSA) is 89.5 Å². The summed E-state index contributed by atoms with van der Waals surface area (Å²) < 4.78 is 32.4. The number of esters is 1. The normalized spacial score (nSPS) is 11.0. The summed E-state index contributed by atoms with van der Waals surface area (Å²) >= 11 is 0. The van der Waals surface area contributed by atoms with Crippen LogP contribution in [0.25, 0.3) is 0 Å². The van der Waals surface area contributed by atoms with Crippen LogP contribution in [0.5, 0.6) is 0 Å². The van der Waals surface area contributed by atoms with Crippen molar-refractivity contribution in [3.05, 3.63) is 59.2 Å². The van der Waals surface area contributed by atoms with Gasteiger partial charge in [0.15, 0.2) is 5.78 Å². The first-order valence-corrected chi connectivity index (χ1v) is 9.04. The lowest BCUT2D eigenvalue weighted by molar-refractivity contribution is -0.120. The van der Waals surface area contributed by atoms with Gasteiger partial charge in [-0.2, -0.15) is 0 Å². The van der Waals surface area contributed by atoms with E-state index in [-0.39, 0.29) is 22.8 Å². The van der Waals surface area contributed by atoms with E-state index in [9.17, 15) is 18.0 Å². The molecule has 0 aliphatic heterocycles. The molecule has 2 aromatic rings. The summed E-state index contributed by atoms with van der Waals surface area (Å²) in [5.41, 5.74) is 2.01. The Labute approximate surface area is 146 Å². The third kappa shape index (κ3) is 4.90. The van der Waals surface area contributed by atoms with Crippen LogP contribution >= 0.6 is 0 Å². The Kier molecular flexibility index (Phi) is 5.58. The number of carbonyl (C=O) groups is 2. The van der Waals surface area contributed by atoms with Crippen LogP contribution in [-0.4, -0.2) is 26.8 Å². The lowest BCUT2D eigenvalue weighted by Gasteiger charge is -2.11. The maximum absolute atomic E-state index is 12.5. The minimum Gasteiger partial charge on any atom is -0.454 e. The van der Waals surface area contributed by atoms with Crippen molar-refractivity contribution in [1.82, 2.24) is 0 Å². The number of aryl methyl sites for hydroxylation is 2. The van der Waals surface area contributed by atoms with Gasteiger partial charge in [-0.1, -0.05) is 18.2 Å². The largest absolute Gasteiger partial charge is 0.454 e. The molecule has 0 radical (unpaired) electrons. The van der Waals surface area contributed by atoms with Gasteiger partial charge in [-0.25, -0.2) is 13.2 Å². The van der Waals surface area contributed by atoms with E-state index in [1.54, 1.807) is 25.1 Å². The zero-order chi connectivity index (χ0) is 18.6. The minimum absolute atomic E-state index is 0.0608. The highest BCUT2D eigenvalue weighted by molar-refractivity contribution is 7.92. The van der Waals surface area contributed by atoms with Crippen molar-refractivity contribution in [2.24, 2.45) is 0 Å². The molecule has 0 heterocycles. The van der Waals surface area contributed by atoms with Gasteiger partial charge in [0, 0.05) is 5.69 Å². The fourth-order valence-corrected chi connectivity index (χ4v) is 3.23. The van der Waals surface area contributed by atoms with Crippen molar-refractivity contribution in [3.8, 4) is 0 Å². The molecule has 2 rings (SSSR count). The smallest absolute Gasteiger partial charge is 0.338 e. The number of ether oxygens (including phenoxy) is 1. The van der Waals surface area contributed by atoms with Gasteiger partial charge in [-0.3, -0.25) is 9.52 Å². The highest BCUT2D eigenvalue weighted by atomic mass is 32.2. The van der Waals surface area contributed by atoms with E-state index in [0.717, 1.165) is 5.56 Å². The summed E-state index contributed by atoms with van der Waals surface area (Å²) in [4.78, 5) is 22.9. The fourth-order valence-electron chi connectivity index (χ4n) is 2.16. The zero-order valence-corrected chi connectivity index (χ0v) is 15.0. The average molecular weight is 361 g/mol. The molecule has 0 aliphatic carbocycles. The van der Waals surface area contributed by atoms with Gasteiger partial charge in [-0.15, -0.1) is 0 Å². The molecule has 0 aromatic heterocycles. The van der Waals surface area contributed by atoms with Gasteiger partial charge in [0.25, 0.3) is 10.0 Å². The second kappa shape index (κ2) is 7.48. The summed E-state index contributed by atoms with van der Waals surface area (Å²) in [7, 11) is -3.86. The molecule has 0 saturated carbocycles. The molecule has 0 amide bonds. The average Bonchev–Trinajstić information content (AvgIpc) is 2.52. The van der Waals surface area contributed by atoms with E-state index < -0.39 is 16.0 Å². The Morgan fingerprint density at radius 1 is 1.08 bits per heavy atom. The summed E-state index contributed by atoms with van der Waals surface area (Å²) in [6.45, 7) is 4.46. The van der Waals surface area contributed by atoms with E-state index >= 15 is 0 Å². The van der Waals surface area contributed by atoms with Crippen LogP contribution in [0, 0.1) is 13.8 Å². The van der Waals surface area contributed by atoms with Gasteiger partial charge >= 0.3 is 5.97 Å². The van der Waals surface area contributed by atoms with Crippen molar-refractivity contribution in [2.75, 3.05) is 11.3 Å². The first-order valence-electron chi connectivity index (χ1n) is 7.56. The molecule has 0 fully saturated rings. The molecular weight excluding hydrogens is 342 g/mol. The minimum atomic E-state index is -3.86. The van der Waals surface area contributed by atoms with E-state index in [2.05, 4.69) is 4.72 Å². The van der Waals surface area contributed by atoms with Gasteiger partial charge in [0.05, 0.1) is 10.5 Å². The van der Waals surface area contributed by atoms with Crippen molar-refractivity contribution in [2.45, 2.75) is 25.7 Å². The molecule has 0 bridgehead atoms. The van der Waals surface area contributed by atoms with Crippen LogP contribution in [0.4, 0.5) is 5.69 Å². The van der Waals surface area contributed by atoms with Crippen molar-refractivity contribution < 1.29 is 22.7 Å². The summed E-state index contributed by atoms with van der Waals surface area (Å²) in [5.74, 6) is -1.03. The second-order valence-electron chi connectivity index (χ2n) is 5.73. The van der Waals surface area contributed by atoms with Gasteiger partial charge in [0.1, 0.15) is 6.61 Å². The van der Waals surface area contributed by atoms with Crippen molar-refractivity contribution in [1.29, 1.82) is 0 Å². The first kappa shape index (κ1) is 18.7. The second-order valence-corrected chi connectivity index (χ2v) is 7.41. The Morgan fingerprint density at radius 2 is 1.80 bits per heavy atom. The van der Waals surface area contributed by atoms with Crippen LogP contribution < -0.4 is 4.72 Å². The number of nitrogens with one attached hydrogen (secondary N) is 1. The van der Waals surface area contributed by atoms with Crippen LogP contribution in [0.3, 0.4) is 0 Å². The summed E-state index contributed by atoms with van der Waals surface area (Å²) in [6, 6.07) is 11.1. The number of carbonyl (C=O) groups excluding carboxylic acids is 2. The van der Waals surface area contributed by atoms with Crippen LogP contribution in [-0.2, 0) is 19.6 Å². The molecule has 0 spiro atoms. The molecule has 132 valence electrons. The number of Topliss-reactive ketones (excluding diaryl/α,β-unsaturated/α-hetero) is 1. The lowest BCUT2D eigenvalue weighted by Crippen LogP contribution is -2.16. The van der Waals surface area contributed by atoms with Crippen LogP contribution in [0.2, 0.25) is 0 Å². The Hall–Kier alpha value is -2.67. The fraction of sp³-hybridized carbons (Fsp3) is 0.222. The Morgan fingerprint density at radius 3 is 2.44 bits per heavy atom. The summed E-state index contributed by atoms with van der Waals surface area (Å²) in [5, 5.41) is 0. The molecule has 6 nitrogen and oxygen atoms in total. The summed E-state index contributed by atoms with van der Waals surface area (Å²) in [6.07, 6.45) is 0. The number of sulfonamides is 1. The molecule has 25 heavy (non-hydrogen) atoms. The predicted molar refractivity (Wildman–Crippen MR) is 94.1 cm³/mol. The molecule has 0 saturated heterocycles. The molecule has 2 aromatic carbocycles. The monoisotopic (exact) mass is 361 g/mol. The third-order valence-electron chi connectivity index (χ3n) is 3.42. The van der Waals surface area contributed by atoms with Crippen LogP contribution in [0.15, 0.2) is 47.4 Å². The number of ketones is 1. The molecule has 0 atom stereocenters. The highest BCUT2D eigenvalue weighted by Gasteiger charge is 2.19. The highest BCUT2D eigenvalue weighted by Crippen LogP contribution is 2.20. The third-order valence-corrected chi connectivity index (χ3v) is 4.80. The van der Waals surface area contributed by atoms with Gasteiger partial charge < -0.3 is 4.74 Å². The Balaban J connectivity index is 2.31. The standard InChI is InChI=1S/C18H19NO5S/c1-12-5-4-6-15(9-12)19-25(22,23)16-8-7-13(2)17(10-16)18(21)24-11-14(3)20/h4-10,19H,11H2,1-3H3. The zero-order valence-electron chi connectivity index (χ0n) is 14.2. The van der Waals surface area contributed by atoms with Crippen molar-refractivity contribution in [3.63, 3.8) is 0 Å². The quantitative estimate of drug-likeness (QED) is 0.799.